The SMILES string of the molecule is C=CC=C.CN1CCCC(Cc2ccccc2)C1. The number of likely N-dealkylation sites (tertiary alicyclic amines) is 1. The Kier molecular flexibility index (Phi) is 7.12. The van der Waals surface area contributed by atoms with Gasteiger partial charge in [0.1, 0.15) is 0 Å². The lowest BCUT2D eigenvalue weighted by Crippen LogP contribution is -2.32. The number of nitrogens with zero attached hydrogens (tertiary/aromatic N) is 1. The van der Waals surface area contributed by atoms with Crippen LogP contribution in [0.3, 0.4) is 0 Å². The predicted molar refractivity (Wildman–Crippen MR) is 80.8 cm³/mol. The van der Waals surface area contributed by atoms with Crippen molar-refractivity contribution < 1.29 is 0 Å². The first-order valence-electron chi connectivity index (χ1n) is 6.72. The summed E-state index contributed by atoms with van der Waals surface area (Å²) in [7, 11) is 2.23. The van der Waals surface area contributed by atoms with E-state index in [0.717, 1.165) is 5.92 Å². The highest BCUT2D eigenvalue weighted by Crippen LogP contribution is 2.19. The van der Waals surface area contributed by atoms with Crippen LogP contribution in [0, 0.1) is 5.92 Å². The van der Waals surface area contributed by atoms with Crippen LogP contribution in [0.5, 0.6) is 0 Å². The Morgan fingerprint density at radius 3 is 2.44 bits per heavy atom. The molecule has 1 saturated heterocycles. The van der Waals surface area contributed by atoms with Crippen molar-refractivity contribution in [3.05, 3.63) is 61.2 Å². The van der Waals surface area contributed by atoms with E-state index in [-0.39, 0.29) is 0 Å². The van der Waals surface area contributed by atoms with Crippen LogP contribution in [0.4, 0.5) is 0 Å². The van der Waals surface area contributed by atoms with Gasteiger partial charge in [-0.15, -0.1) is 0 Å². The molecule has 2 rings (SSSR count). The molecule has 0 aromatic heterocycles. The third kappa shape index (κ3) is 5.83. The van der Waals surface area contributed by atoms with E-state index in [9.17, 15) is 0 Å². The molecule has 1 aromatic rings. The van der Waals surface area contributed by atoms with Gasteiger partial charge in [0.05, 0.1) is 0 Å². The maximum Gasteiger partial charge on any atom is 0.000979 e. The second-order valence-corrected chi connectivity index (χ2v) is 4.93. The molecule has 0 aliphatic carbocycles. The maximum absolute atomic E-state index is 3.36. The summed E-state index contributed by atoms with van der Waals surface area (Å²) in [4.78, 5) is 2.46. The molecule has 0 amide bonds. The van der Waals surface area contributed by atoms with Gasteiger partial charge in [-0.25, -0.2) is 0 Å². The molecular weight excluding hydrogens is 218 g/mol. The zero-order valence-corrected chi connectivity index (χ0v) is 11.5. The lowest BCUT2D eigenvalue weighted by molar-refractivity contribution is 0.209. The Morgan fingerprint density at radius 1 is 1.22 bits per heavy atom. The van der Waals surface area contributed by atoms with Crippen molar-refractivity contribution in [2.24, 2.45) is 5.92 Å². The predicted octanol–water partition coefficient (Wildman–Crippen LogP) is 3.93. The molecule has 1 aliphatic rings. The molecule has 1 aliphatic heterocycles. The molecule has 0 spiro atoms. The number of hydrogen-bond donors (Lipinski definition) is 0. The van der Waals surface area contributed by atoms with E-state index in [0.29, 0.717) is 0 Å². The molecule has 1 atom stereocenters. The van der Waals surface area contributed by atoms with Crippen molar-refractivity contribution in [2.45, 2.75) is 19.3 Å². The third-order valence-electron chi connectivity index (χ3n) is 3.26. The van der Waals surface area contributed by atoms with Gasteiger partial charge >= 0.3 is 0 Å². The van der Waals surface area contributed by atoms with Gasteiger partial charge in [-0.1, -0.05) is 55.6 Å². The van der Waals surface area contributed by atoms with Crippen LogP contribution >= 0.6 is 0 Å². The first-order chi connectivity index (χ1) is 8.76. The Labute approximate surface area is 112 Å². The number of hydrogen-bond acceptors (Lipinski definition) is 1. The molecule has 18 heavy (non-hydrogen) atoms. The quantitative estimate of drug-likeness (QED) is 0.727. The van der Waals surface area contributed by atoms with E-state index < -0.39 is 0 Å². The summed E-state index contributed by atoms with van der Waals surface area (Å²) in [5.74, 6) is 0.871. The maximum atomic E-state index is 3.36. The summed E-state index contributed by atoms with van der Waals surface area (Å²) >= 11 is 0. The average molecular weight is 243 g/mol. The van der Waals surface area contributed by atoms with Crippen LogP contribution in [-0.4, -0.2) is 25.0 Å². The Bertz CT molecular complexity index is 336. The molecule has 1 nitrogen and oxygen atoms in total. The minimum absolute atomic E-state index is 0.871. The lowest BCUT2D eigenvalue weighted by atomic mass is 9.92. The number of rotatable bonds is 3. The van der Waals surface area contributed by atoms with E-state index >= 15 is 0 Å². The fourth-order valence-electron chi connectivity index (χ4n) is 2.39. The number of allylic oxidation sites excluding steroid dienone is 2. The topological polar surface area (TPSA) is 3.24 Å². The molecule has 1 unspecified atom stereocenters. The molecule has 1 aromatic carbocycles. The van der Waals surface area contributed by atoms with Gasteiger partial charge in [0.25, 0.3) is 0 Å². The van der Waals surface area contributed by atoms with E-state index in [1.165, 1.54) is 37.9 Å². The fraction of sp³-hybridized carbons (Fsp3) is 0.412. The molecule has 1 heteroatoms. The molecule has 0 saturated carbocycles. The molecule has 0 N–H and O–H groups in total. The summed E-state index contributed by atoms with van der Waals surface area (Å²) in [6.45, 7) is 9.28. The normalized spacial score (nSPS) is 19.5. The van der Waals surface area contributed by atoms with Gasteiger partial charge in [0.2, 0.25) is 0 Å². The van der Waals surface area contributed by atoms with E-state index in [4.69, 9.17) is 0 Å². The van der Waals surface area contributed by atoms with Crippen LogP contribution in [0.25, 0.3) is 0 Å². The lowest BCUT2D eigenvalue weighted by Gasteiger charge is -2.29. The number of benzene rings is 1. The highest BCUT2D eigenvalue weighted by atomic mass is 15.1. The van der Waals surface area contributed by atoms with Gasteiger partial charge in [0.15, 0.2) is 0 Å². The number of piperidine rings is 1. The molecule has 1 fully saturated rings. The molecule has 0 bridgehead atoms. The largest absolute Gasteiger partial charge is 0.306 e. The molecule has 0 radical (unpaired) electrons. The first kappa shape index (κ1) is 14.7. The summed E-state index contributed by atoms with van der Waals surface area (Å²) in [5, 5.41) is 0. The summed E-state index contributed by atoms with van der Waals surface area (Å²) in [6, 6.07) is 10.9. The Morgan fingerprint density at radius 2 is 1.89 bits per heavy atom. The van der Waals surface area contributed by atoms with E-state index in [1.54, 1.807) is 12.2 Å². The van der Waals surface area contributed by atoms with E-state index in [2.05, 4.69) is 55.4 Å². The van der Waals surface area contributed by atoms with Crippen molar-refractivity contribution in [2.75, 3.05) is 20.1 Å². The average Bonchev–Trinajstić information content (AvgIpc) is 2.40. The zero-order valence-electron chi connectivity index (χ0n) is 11.5. The molecular formula is C17H25N. The fourth-order valence-corrected chi connectivity index (χ4v) is 2.39. The minimum Gasteiger partial charge on any atom is -0.306 e. The van der Waals surface area contributed by atoms with Crippen LogP contribution in [0.2, 0.25) is 0 Å². The van der Waals surface area contributed by atoms with Crippen LogP contribution in [0.1, 0.15) is 18.4 Å². The summed E-state index contributed by atoms with van der Waals surface area (Å²) in [6.07, 6.45) is 7.30. The monoisotopic (exact) mass is 243 g/mol. The minimum atomic E-state index is 0.871. The zero-order chi connectivity index (χ0) is 13.2. The molecule has 1 heterocycles. The highest BCUT2D eigenvalue weighted by molar-refractivity contribution is 5.15. The first-order valence-corrected chi connectivity index (χ1v) is 6.72. The van der Waals surface area contributed by atoms with Crippen LogP contribution < -0.4 is 0 Å². The summed E-state index contributed by atoms with van der Waals surface area (Å²) in [5.41, 5.74) is 1.49. The third-order valence-corrected chi connectivity index (χ3v) is 3.26. The van der Waals surface area contributed by atoms with Crippen molar-refractivity contribution in [3.63, 3.8) is 0 Å². The highest BCUT2D eigenvalue weighted by Gasteiger charge is 2.16. The van der Waals surface area contributed by atoms with Crippen molar-refractivity contribution in [1.82, 2.24) is 4.90 Å². The van der Waals surface area contributed by atoms with Crippen molar-refractivity contribution in [3.8, 4) is 0 Å². The van der Waals surface area contributed by atoms with Gasteiger partial charge in [-0.05, 0) is 44.3 Å². The van der Waals surface area contributed by atoms with E-state index in [1.807, 2.05) is 0 Å². The van der Waals surface area contributed by atoms with Gasteiger partial charge in [-0.3, -0.25) is 0 Å². The molecule has 98 valence electrons. The second kappa shape index (κ2) is 8.71. The second-order valence-electron chi connectivity index (χ2n) is 4.93. The summed E-state index contributed by atoms with van der Waals surface area (Å²) < 4.78 is 0. The van der Waals surface area contributed by atoms with Gasteiger partial charge < -0.3 is 4.90 Å². The Hall–Kier alpha value is -1.34. The Balaban J connectivity index is 0.000000357. The standard InChI is InChI=1S/C13H19N.C4H6/c1-14-9-5-8-13(11-14)10-12-6-3-2-4-7-12;1-3-4-2/h2-4,6-7,13H,5,8-11H2,1H3;3-4H,1-2H2. The van der Waals surface area contributed by atoms with Crippen LogP contribution in [-0.2, 0) is 6.42 Å². The van der Waals surface area contributed by atoms with Gasteiger partial charge in [-0.2, -0.15) is 0 Å². The smallest absolute Gasteiger partial charge is 0.000979 e. The van der Waals surface area contributed by atoms with Crippen molar-refractivity contribution >= 4 is 0 Å². The van der Waals surface area contributed by atoms with Crippen molar-refractivity contribution in [1.29, 1.82) is 0 Å². The van der Waals surface area contributed by atoms with Crippen LogP contribution in [0.15, 0.2) is 55.6 Å². The van der Waals surface area contributed by atoms with Gasteiger partial charge in [0, 0.05) is 6.54 Å².